The van der Waals surface area contributed by atoms with Crippen LogP contribution in [0.15, 0.2) is 48.5 Å². The summed E-state index contributed by atoms with van der Waals surface area (Å²) in [5.74, 6) is -1.68. The van der Waals surface area contributed by atoms with Gasteiger partial charge in [-0.25, -0.2) is 13.2 Å². The monoisotopic (exact) mass is 520 g/mol. The number of sulfone groups is 1. The van der Waals surface area contributed by atoms with Crippen LogP contribution in [0.2, 0.25) is 0 Å². The predicted octanol–water partition coefficient (Wildman–Crippen LogP) is 2.26. The van der Waals surface area contributed by atoms with E-state index in [0.29, 0.717) is 5.75 Å². The molecule has 3 N–H and O–H groups in total. The molecule has 0 saturated heterocycles. The summed E-state index contributed by atoms with van der Waals surface area (Å²) >= 11 is 1.14. The average Bonchev–Trinajstić information content (AvgIpc) is 3.13. The highest BCUT2D eigenvalue weighted by Crippen LogP contribution is 2.44. The summed E-state index contributed by atoms with van der Waals surface area (Å²) in [6.07, 6.45) is 0.121. The van der Waals surface area contributed by atoms with Crippen molar-refractivity contribution in [2.45, 2.75) is 18.4 Å². The first-order chi connectivity index (χ1) is 16.7. The molecule has 0 aromatic heterocycles. The third-order valence-electron chi connectivity index (χ3n) is 5.50. The SMILES string of the molecule is CS(=O)(=O)CCC(NC(=O)OCC1c2ccccc2-c2ccccc21)C(=O)NCCSCC(=O)O. The smallest absolute Gasteiger partial charge is 0.407 e. The van der Waals surface area contributed by atoms with Gasteiger partial charge in [0.2, 0.25) is 5.91 Å². The number of fused-ring (bicyclic) bond motifs is 3. The lowest BCUT2D eigenvalue weighted by Crippen LogP contribution is -2.48. The van der Waals surface area contributed by atoms with E-state index in [1.165, 1.54) is 0 Å². The highest BCUT2D eigenvalue weighted by atomic mass is 32.2. The molecule has 0 heterocycles. The number of alkyl carbamates (subject to hydrolysis) is 1. The summed E-state index contributed by atoms with van der Waals surface area (Å²) in [4.78, 5) is 35.7. The van der Waals surface area contributed by atoms with E-state index < -0.39 is 33.8 Å². The van der Waals surface area contributed by atoms with Crippen molar-refractivity contribution in [3.8, 4) is 11.1 Å². The Labute approximate surface area is 208 Å². The molecule has 2 aromatic carbocycles. The molecule has 0 bridgehead atoms. The van der Waals surface area contributed by atoms with Crippen molar-refractivity contribution >= 4 is 39.6 Å². The van der Waals surface area contributed by atoms with Gasteiger partial charge in [0.15, 0.2) is 0 Å². The number of benzene rings is 2. The van der Waals surface area contributed by atoms with Gasteiger partial charge in [-0.1, -0.05) is 48.5 Å². The van der Waals surface area contributed by atoms with E-state index in [-0.39, 0.29) is 37.0 Å². The van der Waals surface area contributed by atoms with Crippen LogP contribution in [0.5, 0.6) is 0 Å². The van der Waals surface area contributed by atoms with Gasteiger partial charge in [-0.3, -0.25) is 9.59 Å². The van der Waals surface area contributed by atoms with E-state index in [1.807, 2.05) is 48.5 Å². The number of rotatable bonds is 12. The number of hydrogen-bond donors (Lipinski definition) is 3. The third-order valence-corrected chi connectivity index (χ3v) is 7.42. The number of carboxylic acids is 1. The minimum absolute atomic E-state index is 0.0616. The quantitative estimate of drug-likeness (QED) is 0.362. The summed E-state index contributed by atoms with van der Waals surface area (Å²) in [6, 6.07) is 14.7. The number of nitrogens with one attached hydrogen (secondary N) is 2. The van der Waals surface area contributed by atoms with E-state index >= 15 is 0 Å². The molecule has 2 aromatic rings. The van der Waals surface area contributed by atoms with Crippen molar-refractivity contribution < 1.29 is 32.6 Å². The van der Waals surface area contributed by atoms with Crippen molar-refractivity contribution in [2.24, 2.45) is 0 Å². The number of aliphatic carboxylic acids is 1. The van der Waals surface area contributed by atoms with Gasteiger partial charge in [-0.05, 0) is 28.7 Å². The van der Waals surface area contributed by atoms with E-state index in [1.54, 1.807) is 0 Å². The molecule has 1 aliphatic carbocycles. The zero-order valence-corrected chi connectivity index (χ0v) is 20.9. The average molecular weight is 521 g/mol. The van der Waals surface area contributed by atoms with Gasteiger partial charge in [0.25, 0.3) is 0 Å². The molecule has 0 fully saturated rings. The van der Waals surface area contributed by atoms with E-state index in [4.69, 9.17) is 9.84 Å². The van der Waals surface area contributed by atoms with Crippen LogP contribution in [0.25, 0.3) is 11.1 Å². The Balaban J connectivity index is 1.60. The third kappa shape index (κ3) is 7.72. The summed E-state index contributed by atoms with van der Waals surface area (Å²) in [5.41, 5.74) is 4.27. The highest BCUT2D eigenvalue weighted by molar-refractivity contribution is 7.99. The number of carbonyl (C=O) groups is 3. The molecule has 11 heteroatoms. The lowest BCUT2D eigenvalue weighted by Gasteiger charge is -2.19. The lowest BCUT2D eigenvalue weighted by molar-refractivity contribution is -0.133. The lowest BCUT2D eigenvalue weighted by atomic mass is 9.98. The Hall–Kier alpha value is -3.05. The van der Waals surface area contributed by atoms with Crippen LogP contribution in [0.1, 0.15) is 23.5 Å². The molecule has 35 heavy (non-hydrogen) atoms. The topological polar surface area (TPSA) is 139 Å². The summed E-state index contributed by atoms with van der Waals surface area (Å²) < 4.78 is 28.7. The Morgan fingerprint density at radius 1 is 1.06 bits per heavy atom. The van der Waals surface area contributed by atoms with Crippen molar-refractivity contribution in [1.29, 1.82) is 0 Å². The molecule has 9 nitrogen and oxygen atoms in total. The Bertz CT molecular complexity index is 1140. The van der Waals surface area contributed by atoms with Crippen LogP contribution in [0, 0.1) is 0 Å². The van der Waals surface area contributed by atoms with Gasteiger partial charge in [-0.2, -0.15) is 0 Å². The minimum Gasteiger partial charge on any atom is -0.481 e. The molecule has 1 aliphatic rings. The molecule has 1 atom stereocenters. The fourth-order valence-electron chi connectivity index (χ4n) is 3.91. The predicted molar refractivity (Wildman–Crippen MR) is 134 cm³/mol. The van der Waals surface area contributed by atoms with Gasteiger partial charge >= 0.3 is 12.1 Å². The van der Waals surface area contributed by atoms with Crippen molar-refractivity contribution in [1.82, 2.24) is 10.6 Å². The summed E-state index contributed by atoms with van der Waals surface area (Å²) in [7, 11) is -3.36. The van der Waals surface area contributed by atoms with Crippen molar-refractivity contribution in [3.63, 3.8) is 0 Å². The molecule has 0 aliphatic heterocycles. The van der Waals surface area contributed by atoms with Crippen LogP contribution < -0.4 is 10.6 Å². The van der Waals surface area contributed by atoms with Gasteiger partial charge in [0.05, 0.1) is 11.5 Å². The van der Waals surface area contributed by atoms with Crippen LogP contribution in [-0.2, 0) is 24.2 Å². The van der Waals surface area contributed by atoms with Crippen molar-refractivity contribution in [2.75, 3.05) is 36.7 Å². The maximum Gasteiger partial charge on any atom is 0.407 e. The van der Waals surface area contributed by atoms with Gasteiger partial charge in [-0.15, -0.1) is 11.8 Å². The number of carboxylic acid groups (broad SMARTS) is 1. The van der Waals surface area contributed by atoms with E-state index in [2.05, 4.69) is 10.6 Å². The second-order valence-corrected chi connectivity index (χ2v) is 11.5. The second-order valence-electron chi connectivity index (χ2n) is 8.18. The maximum atomic E-state index is 12.6. The Morgan fingerprint density at radius 2 is 1.66 bits per heavy atom. The number of thioether (sulfide) groups is 1. The maximum absolute atomic E-state index is 12.6. The molecule has 188 valence electrons. The fourth-order valence-corrected chi connectivity index (χ4v) is 5.14. The molecule has 1 unspecified atom stereocenters. The zero-order chi connectivity index (χ0) is 25.4. The van der Waals surface area contributed by atoms with Gasteiger partial charge < -0.3 is 20.5 Å². The normalized spacial score (nSPS) is 13.4. The summed E-state index contributed by atoms with van der Waals surface area (Å²) in [5, 5.41) is 13.8. The first kappa shape index (κ1) is 26.6. The summed E-state index contributed by atoms with van der Waals surface area (Å²) in [6.45, 7) is 0.241. The number of ether oxygens (including phenoxy) is 1. The van der Waals surface area contributed by atoms with Crippen LogP contribution in [-0.4, -0.2) is 74.2 Å². The highest BCUT2D eigenvalue weighted by Gasteiger charge is 2.30. The Morgan fingerprint density at radius 3 is 2.23 bits per heavy atom. The zero-order valence-electron chi connectivity index (χ0n) is 19.2. The Kier molecular flexibility index (Phi) is 9.16. The van der Waals surface area contributed by atoms with Crippen LogP contribution >= 0.6 is 11.8 Å². The van der Waals surface area contributed by atoms with E-state index in [0.717, 1.165) is 40.3 Å². The molecular weight excluding hydrogens is 492 g/mol. The first-order valence-corrected chi connectivity index (χ1v) is 14.2. The molecule has 0 saturated carbocycles. The first-order valence-electron chi connectivity index (χ1n) is 11.0. The molecular formula is C24H28N2O7S2. The van der Waals surface area contributed by atoms with Crippen molar-refractivity contribution in [3.05, 3.63) is 59.7 Å². The molecule has 2 amide bonds. The van der Waals surface area contributed by atoms with Crippen LogP contribution in [0.3, 0.4) is 0 Å². The number of amides is 2. The number of hydrogen-bond acceptors (Lipinski definition) is 7. The fraction of sp³-hybridized carbons (Fsp3) is 0.375. The van der Waals surface area contributed by atoms with Gasteiger partial charge in [0.1, 0.15) is 22.5 Å². The second kappa shape index (κ2) is 12.1. The van der Waals surface area contributed by atoms with E-state index in [9.17, 15) is 22.8 Å². The van der Waals surface area contributed by atoms with Crippen LogP contribution in [0.4, 0.5) is 4.79 Å². The molecule has 3 rings (SSSR count). The molecule has 0 radical (unpaired) electrons. The largest absolute Gasteiger partial charge is 0.481 e. The molecule has 0 spiro atoms. The number of carbonyl (C=O) groups excluding carboxylic acids is 2. The standard InChI is InChI=1S/C24H28N2O7S2/c1-35(31,32)13-10-21(23(29)25-11-12-34-15-22(27)28)26-24(30)33-14-20-18-8-4-2-6-16(18)17-7-3-5-9-19(17)20/h2-9,20-21H,10-15H2,1H3,(H,25,29)(H,26,30)(H,27,28). The minimum atomic E-state index is -3.36. The van der Waals surface area contributed by atoms with Gasteiger partial charge in [0, 0.05) is 24.5 Å².